The molecule has 2 rings (SSSR count). The van der Waals surface area contributed by atoms with Gasteiger partial charge in [-0.2, -0.15) is 4.31 Å². The molecule has 1 heterocycles. The minimum atomic E-state index is -3.66. The molecule has 112 valence electrons. The standard InChI is InChI=1S/C14H21FN2O2S/c1-11-4-3-8-17(9-7-11)20(18,19)14-6-2-5-13(15)12(14)10-16/h2,5-6,11H,3-4,7-10,16H2,1H3. The summed E-state index contributed by atoms with van der Waals surface area (Å²) in [6, 6.07) is 4.10. The Balaban J connectivity index is 2.37. The molecule has 1 aromatic carbocycles. The van der Waals surface area contributed by atoms with Gasteiger partial charge in [0.2, 0.25) is 10.0 Å². The van der Waals surface area contributed by atoms with Gasteiger partial charge in [-0.3, -0.25) is 0 Å². The molecular weight excluding hydrogens is 279 g/mol. The lowest BCUT2D eigenvalue weighted by Gasteiger charge is -2.21. The highest BCUT2D eigenvalue weighted by Crippen LogP contribution is 2.26. The molecule has 20 heavy (non-hydrogen) atoms. The minimum Gasteiger partial charge on any atom is -0.326 e. The quantitative estimate of drug-likeness (QED) is 0.929. The highest BCUT2D eigenvalue weighted by atomic mass is 32.2. The van der Waals surface area contributed by atoms with Gasteiger partial charge in [0, 0.05) is 25.2 Å². The fourth-order valence-electron chi connectivity index (χ4n) is 2.59. The molecule has 0 saturated carbocycles. The Hall–Kier alpha value is -0.980. The van der Waals surface area contributed by atoms with Gasteiger partial charge in [-0.05, 0) is 37.3 Å². The van der Waals surface area contributed by atoms with E-state index >= 15 is 0 Å². The zero-order valence-electron chi connectivity index (χ0n) is 11.7. The fourth-order valence-corrected chi connectivity index (χ4v) is 4.33. The van der Waals surface area contributed by atoms with E-state index in [4.69, 9.17) is 5.73 Å². The molecule has 6 heteroatoms. The molecule has 0 aromatic heterocycles. The second-order valence-corrected chi connectivity index (χ2v) is 7.27. The van der Waals surface area contributed by atoms with Crippen LogP contribution in [0.15, 0.2) is 23.1 Å². The van der Waals surface area contributed by atoms with Crippen molar-refractivity contribution in [2.45, 2.75) is 37.6 Å². The summed E-state index contributed by atoms with van der Waals surface area (Å²) in [5.41, 5.74) is 5.58. The van der Waals surface area contributed by atoms with Crippen LogP contribution in [0.5, 0.6) is 0 Å². The number of nitrogens with zero attached hydrogens (tertiary/aromatic N) is 1. The lowest BCUT2D eigenvalue weighted by molar-refractivity contribution is 0.415. The molecule has 1 fully saturated rings. The number of nitrogens with two attached hydrogens (primary N) is 1. The monoisotopic (exact) mass is 300 g/mol. The maximum atomic E-state index is 13.7. The van der Waals surface area contributed by atoms with Crippen molar-refractivity contribution < 1.29 is 12.8 Å². The molecule has 0 radical (unpaired) electrons. The van der Waals surface area contributed by atoms with Crippen molar-refractivity contribution in [3.63, 3.8) is 0 Å². The van der Waals surface area contributed by atoms with E-state index in [-0.39, 0.29) is 17.0 Å². The summed E-state index contributed by atoms with van der Waals surface area (Å²) in [7, 11) is -3.66. The van der Waals surface area contributed by atoms with Gasteiger partial charge in [0.15, 0.2) is 0 Å². The lowest BCUT2D eigenvalue weighted by Crippen LogP contribution is -2.33. The maximum absolute atomic E-state index is 13.7. The third kappa shape index (κ3) is 3.02. The smallest absolute Gasteiger partial charge is 0.243 e. The number of hydrogen-bond donors (Lipinski definition) is 1. The summed E-state index contributed by atoms with van der Waals surface area (Å²) in [5.74, 6) is -0.0338. The van der Waals surface area contributed by atoms with E-state index in [2.05, 4.69) is 6.92 Å². The molecule has 1 saturated heterocycles. The summed E-state index contributed by atoms with van der Waals surface area (Å²) in [4.78, 5) is 0.00885. The van der Waals surface area contributed by atoms with Crippen molar-refractivity contribution in [2.75, 3.05) is 13.1 Å². The van der Waals surface area contributed by atoms with Gasteiger partial charge >= 0.3 is 0 Å². The van der Waals surface area contributed by atoms with Gasteiger partial charge < -0.3 is 5.73 Å². The molecule has 2 N–H and O–H groups in total. The molecule has 1 aliphatic rings. The van der Waals surface area contributed by atoms with Crippen LogP contribution in [0, 0.1) is 11.7 Å². The van der Waals surface area contributed by atoms with Crippen LogP contribution in [0.3, 0.4) is 0 Å². The first kappa shape index (κ1) is 15.4. The Morgan fingerprint density at radius 1 is 1.35 bits per heavy atom. The Bertz CT molecular complexity index is 575. The molecule has 0 aliphatic carbocycles. The molecular formula is C14H21FN2O2S. The number of halogens is 1. The summed E-state index contributed by atoms with van der Waals surface area (Å²) in [6.45, 7) is 2.99. The van der Waals surface area contributed by atoms with E-state index in [1.807, 2.05) is 0 Å². The van der Waals surface area contributed by atoms with E-state index in [1.54, 1.807) is 0 Å². The predicted octanol–water partition coefficient (Wildman–Crippen LogP) is 2.10. The van der Waals surface area contributed by atoms with Crippen molar-refractivity contribution in [2.24, 2.45) is 11.7 Å². The zero-order valence-corrected chi connectivity index (χ0v) is 12.5. The molecule has 0 spiro atoms. The van der Waals surface area contributed by atoms with E-state index in [9.17, 15) is 12.8 Å². The number of sulfonamides is 1. The first-order chi connectivity index (χ1) is 9.46. The van der Waals surface area contributed by atoms with Gasteiger partial charge in [-0.1, -0.05) is 13.0 Å². The largest absolute Gasteiger partial charge is 0.326 e. The van der Waals surface area contributed by atoms with E-state index in [0.29, 0.717) is 19.0 Å². The summed E-state index contributed by atoms with van der Waals surface area (Å²) in [6.07, 6.45) is 2.71. The van der Waals surface area contributed by atoms with Gasteiger partial charge in [0.25, 0.3) is 0 Å². The predicted molar refractivity (Wildman–Crippen MR) is 76.1 cm³/mol. The van der Waals surface area contributed by atoms with Crippen molar-refractivity contribution in [1.82, 2.24) is 4.31 Å². The van der Waals surface area contributed by atoms with Gasteiger partial charge in [-0.25, -0.2) is 12.8 Å². The third-order valence-electron chi connectivity index (χ3n) is 3.87. The van der Waals surface area contributed by atoms with Crippen LogP contribution in [0.4, 0.5) is 4.39 Å². The molecule has 4 nitrogen and oxygen atoms in total. The normalized spacial score (nSPS) is 21.6. The summed E-state index contributed by atoms with van der Waals surface area (Å²) < 4.78 is 40.6. The Morgan fingerprint density at radius 2 is 2.10 bits per heavy atom. The minimum absolute atomic E-state index is 0.00885. The van der Waals surface area contributed by atoms with Crippen LogP contribution in [0.1, 0.15) is 31.7 Å². The van der Waals surface area contributed by atoms with E-state index in [1.165, 1.54) is 22.5 Å². The highest BCUT2D eigenvalue weighted by molar-refractivity contribution is 7.89. The molecule has 1 aromatic rings. The van der Waals surface area contributed by atoms with Crippen molar-refractivity contribution in [3.8, 4) is 0 Å². The van der Waals surface area contributed by atoms with Crippen molar-refractivity contribution >= 4 is 10.0 Å². The van der Waals surface area contributed by atoms with Gasteiger partial charge in [-0.15, -0.1) is 0 Å². The van der Waals surface area contributed by atoms with Crippen LogP contribution >= 0.6 is 0 Å². The first-order valence-corrected chi connectivity index (χ1v) is 8.38. The Kier molecular flexibility index (Phi) is 4.78. The van der Waals surface area contributed by atoms with Gasteiger partial charge in [0.1, 0.15) is 5.82 Å². The molecule has 0 bridgehead atoms. The summed E-state index contributed by atoms with van der Waals surface area (Å²) >= 11 is 0. The second-order valence-electron chi connectivity index (χ2n) is 5.36. The van der Waals surface area contributed by atoms with Crippen LogP contribution < -0.4 is 5.73 Å². The Morgan fingerprint density at radius 3 is 2.80 bits per heavy atom. The highest BCUT2D eigenvalue weighted by Gasteiger charge is 2.29. The van der Waals surface area contributed by atoms with Crippen molar-refractivity contribution in [3.05, 3.63) is 29.6 Å². The lowest BCUT2D eigenvalue weighted by atomic mass is 10.0. The van der Waals surface area contributed by atoms with Crippen LogP contribution in [0.25, 0.3) is 0 Å². The van der Waals surface area contributed by atoms with Crippen LogP contribution in [-0.2, 0) is 16.6 Å². The zero-order chi connectivity index (χ0) is 14.8. The molecule has 1 unspecified atom stereocenters. The topological polar surface area (TPSA) is 63.4 Å². The number of benzene rings is 1. The summed E-state index contributed by atoms with van der Waals surface area (Å²) in [5, 5.41) is 0. The average Bonchev–Trinajstić information content (AvgIpc) is 2.63. The van der Waals surface area contributed by atoms with Gasteiger partial charge in [0.05, 0.1) is 4.90 Å². The number of hydrogen-bond acceptors (Lipinski definition) is 3. The molecule has 1 atom stereocenters. The van der Waals surface area contributed by atoms with E-state index < -0.39 is 15.8 Å². The van der Waals surface area contributed by atoms with Crippen LogP contribution in [0.2, 0.25) is 0 Å². The van der Waals surface area contributed by atoms with E-state index in [0.717, 1.165) is 19.3 Å². The number of rotatable bonds is 3. The first-order valence-electron chi connectivity index (χ1n) is 6.94. The molecule has 1 aliphatic heterocycles. The average molecular weight is 300 g/mol. The van der Waals surface area contributed by atoms with Crippen LogP contribution in [-0.4, -0.2) is 25.8 Å². The third-order valence-corrected chi connectivity index (χ3v) is 5.86. The molecule has 0 amide bonds. The van der Waals surface area contributed by atoms with Crippen molar-refractivity contribution in [1.29, 1.82) is 0 Å². The maximum Gasteiger partial charge on any atom is 0.243 e. The second kappa shape index (κ2) is 6.20. The Labute approximate surface area is 119 Å². The fraction of sp³-hybridized carbons (Fsp3) is 0.571. The SMILES string of the molecule is CC1CCCN(S(=O)(=O)c2cccc(F)c2CN)CC1.